The molecule has 0 atom stereocenters. The summed E-state index contributed by atoms with van der Waals surface area (Å²) < 4.78 is 5.97. The van der Waals surface area contributed by atoms with Crippen molar-refractivity contribution in [2.45, 2.75) is 26.3 Å². The highest BCUT2D eigenvalue weighted by atomic mass is 16.5. The van der Waals surface area contributed by atoms with E-state index in [4.69, 9.17) is 9.72 Å². The van der Waals surface area contributed by atoms with Crippen LogP contribution in [0.15, 0.2) is 66.9 Å². The minimum Gasteiger partial charge on any atom is -0.493 e. The van der Waals surface area contributed by atoms with Crippen molar-refractivity contribution in [2.24, 2.45) is 5.92 Å². The van der Waals surface area contributed by atoms with Crippen LogP contribution in [0.2, 0.25) is 0 Å². The number of ether oxygens (including phenoxy) is 1. The van der Waals surface area contributed by atoms with Gasteiger partial charge in [-0.05, 0) is 80.6 Å². The number of likely N-dealkylation sites (tertiary alicyclic amines) is 1. The number of fused-ring (bicyclic) bond motifs is 7. The second kappa shape index (κ2) is 13.1. The SMILES string of the molecule is CC#CC(=O)N1CC(CCNc2cc3cc(c2)Nc2nccc(n2)-c2cccc(c2)OCC/C=C/CN(C)C3)C1. The Bertz CT molecular complexity index is 1420. The van der Waals surface area contributed by atoms with Crippen LogP contribution in [0, 0.1) is 17.8 Å². The van der Waals surface area contributed by atoms with E-state index in [2.05, 4.69) is 69.8 Å². The summed E-state index contributed by atoms with van der Waals surface area (Å²) in [6.45, 7) is 6.36. The predicted molar refractivity (Wildman–Crippen MR) is 159 cm³/mol. The van der Waals surface area contributed by atoms with Crippen molar-refractivity contribution >= 4 is 23.2 Å². The summed E-state index contributed by atoms with van der Waals surface area (Å²) >= 11 is 0. The molecule has 0 spiro atoms. The Balaban J connectivity index is 1.32. The summed E-state index contributed by atoms with van der Waals surface area (Å²) in [6.07, 6.45) is 7.99. The molecule has 1 amide bonds. The fourth-order valence-electron chi connectivity index (χ4n) is 4.93. The number of aromatic nitrogens is 2. The van der Waals surface area contributed by atoms with Crippen LogP contribution >= 0.6 is 0 Å². The predicted octanol–water partition coefficient (Wildman–Crippen LogP) is 4.94. The molecule has 6 bridgehead atoms. The fourth-order valence-corrected chi connectivity index (χ4v) is 4.93. The number of nitrogens with zero attached hydrogens (tertiary/aromatic N) is 4. The minimum absolute atomic E-state index is 0.0708. The van der Waals surface area contributed by atoms with E-state index in [1.807, 2.05) is 35.2 Å². The highest BCUT2D eigenvalue weighted by Gasteiger charge is 2.29. The number of likely N-dealkylation sites (N-methyl/N-ethyl adjacent to an activating group) is 1. The second-order valence-electron chi connectivity index (χ2n) is 10.3. The molecule has 1 aromatic heterocycles. The number of hydrogen-bond acceptors (Lipinski definition) is 7. The molecule has 1 fully saturated rings. The molecule has 206 valence electrons. The molecule has 2 N–H and O–H groups in total. The third-order valence-electron chi connectivity index (χ3n) is 6.98. The number of carbonyl (C=O) groups excluding carboxylic acids is 1. The van der Waals surface area contributed by atoms with Crippen LogP contribution in [0.4, 0.5) is 17.3 Å². The van der Waals surface area contributed by atoms with E-state index in [1.54, 1.807) is 13.1 Å². The Kier molecular flexibility index (Phi) is 8.94. The maximum atomic E-state index is 11.9. The van der Waals surface area contributed by atoms with Gasteiger partial charge >= 0.3 is 0 Å². The molecule has 2 aliphatic heterocycles. The molecule has 0 saturated carbocycles. The zero-order valence-corrected chi connectivity index (χ0v) is 23.2. The molecule has 8 heteroatoms. The summed E-state index contributed by atoms with van der Waals surface area (Å²) in [7, 11) is 2.12. The van der Waals surface area contributed by atoms with Gasteiger partial charge in [0.15, 0.2) is 0 Å². The molecule has 40 heavy (non-hydrogen) atoms. The van der Waals surface area contributed by atoms with E-state index in [1.165, 1.54) is 5.56 Å². The monoisotopic (exact) mass is 536 g/mol. The first-order chi connectivity index (χ1) is 19.6. The average molecular weight is 537 g/mol. The third-order valence-corrected chi connectivity index (χ3v) is 6.98. The first-order valence-electron chi connectivity index (χ1n) is 13.8. The van der Waals surface area contributed by atoms with Gasteiger partial charge in [-0.1, -0.05) is 30.2 Å². The lowest BCUT2D eigenvalue weighted by Gasteiger charge is -2.38. The number of rotatable bonds is 4. The summed E-state index contributed by atoms with van der Waals surface area (Å²) in [5.41, 5.74) is 4.98. The Labute approximate surface area is 236 Å². The molecule has 2 aromatic carbocycles. The molecule has 3 heterocycles. The number of amides is 1. The van der Waals surface area contributed by atoms with Crippen LogP contribution in [0.5, 0.6) is 5.75 Å². The van der Waals surface area contributed by atoms with Crippen LogP contribution in [0.1, 0.15) is 25.3 Å². The van der Waals surface area contributed by atoms with Crippen molar-refractivity contribution < 1.29 is 9.53 Å². The maximum Gasteiger partial charge on any atom is 0.298 e. The molecule has 0 aliphatic carbocycles. The van der Waals surface area contributed by atoms with Gasteiger partial charge in [0.1, 0.15) is 5.75 Å². The van der Waals surface area contributed by atoms with Gasteiger partial charge in [-0.2, -0.15) is 0 Å². The van der Waals surface area contributed by atoms with E-state index in [-0.39, 0.29) is 5.91 Å². The maximum absolute atomic E-state index is 11.9. The van der Waals surface area contributed by atoms with Gasteiger partial charge in [-0.15, -0.1) is 0 Å². The van der Waals surface area contributed by atoms with Gasteiger partial charge in [-0.3, -0.25) is 9.69 Å². The number of carbonyl (C=O) groups is 1. The summed E-state index contributed by atoms with van der Waals surface area (Å²) in [6, 6.07) is 16.4. The lowest BCUT2D eigenvalue weighted by Crippen LogP contribution is -2.50. The van der Waals surface area contributed by atoms with Crippen LogP contribution in [-0.4, -0.2) is 65.5 Å². The Morgan fingerprint density at radius 2 is 2.08 bits per heavy atom. The molecule has 5 rings (SSSR count). The molecular formula is C32H36N6O2. The van der Waals surface area contributed by atoms with E-state index in [9.17, 15) is 4.79 Å². The largest absolute Gasteiger partial charge is 0.493 e. The van der Waals surface area contributed by atoms with Gasteiger partial charge in [0.2, 0.25) is 5.95 Å². The summed E-state index contributed by atoms with van der Waals surface area (Å²) in [5, 5.41) is 7.02. The van der Waals surface area contributed by atoms with Crippen LogP contribution in [0.3, 0.4) is 0 Å². The van der Waals surface area contributed by atoms with Crippen molar-refractivity contribution in [1.82, 2.24) is 19.8 Å². The average Bonchev–Trinajstić information content (AvgIpc) is 2.92. The molecule has 0 radical (unpaired) electrons. The van der Waals surface area contributed by atoms with E-state index in [0.29, 0.717) is 18.5 Å². The normalized spacial score (nSPS) is 16.6. The Morgan fingerprint density at radius 3 is 2.95 bits per heavy atom. The first kappa shape index (κ1) is 27.2. The molecule has 3 aromatic rings. The van der Waals surface area contributed by atoms with Gasteiger partial charge < -0.3 is 20.3 Å². The lowest BCUT2D eigenvalue weighted by molar-refractivity contribution is -0.131. The minimum atomic E-state index is -0.0708. The van der Waals surface area contributed by atoms with Crippen molar-refractivity contribution in [3.8, 4) is 28.8 Å². The number of anilines is 3. The zero-order valence-electron chi connectivity index (χ0n) is 23.2. The summed E-state index contributed by atoms with van der Waals surface area (Å²) in [4.78, 5) is 25.2. The topological polar surface area (TPSA) is 82.6 Å². The number of nitrogens with one attached hydrogen (secondary N) is 2. The Morgan fingerprint density at radius 1 is 1.18 bits per heavy atom. The van der Waals surface area contributed by atoms with Crippen LogP contribution in [0.25, 0.3) is 11.3 Å². The highest BCUT2D eigenvalue weighted by molar-refractivity contribution is 5.93. The highest BCUT2D eigenvalue weighted by Crippen LogP contribution is 2.26. The van der Waals surface area contributed by atoms with Crippen LogP contribution in [-0.2, 0) is 11.3 Å². The van der Waals surface area contributed by atoms with E-state index >= 15 is 0 Å². The molecule has 1 saturated heterocycles. The fraction of sp³-hybridized carbons (Fsp3) is 0.344. The Hall–Kier alpha value is -4.35. The van der Waals surface area contributed by atoms with Crippen molar-refractivity contribution in [2.75, 3.05) is 50.5 Å². The first-order valence-corrected chi connectivity index (χ1v) is 13.8. The van der Waals surface area contributed by atoms with E-state index in [0.717, 1.165) is 73.9 Å². The van der Waals surface area contributed by atoms with Crippen LogP contribution < -0.4 is 15.4 Å². The second-order valence-corrected chi connectivity index (χ2v) is 10.3. The van der Waals surface area contributed by atoms with Gasteiger partial charge in [0, 0.05) is 55.9 Å². The van der Waals surface area contributed by atoms with Crippen molar-refractivity contribution in [3.63, 3.8) is 0 Å². The molecule has 2 aliphatic rings. The van der Waals surface area contributed by atoms with Gasteiger partial charge in [-0.25, -0.2) is 9.97 Å². The molecular weight excluding hydrogens is 500 g/mol. The number of hydrogen-bond donors (Lipinski definition) is 2. The summed E-state index contributed by atoms with van der Waals surface area (Å²) in [5.74, 6) is 7.11. The smallest absolute Gasteiger partial charge is 0.298 e. The van der Waals surface area contributed by atoms with Crippen molar-refractivity contribution in [3.05, 3.63) is 72.4 Å². The standard InChI is InChI=1S/C32H36N6O2/c1-3-8-31(39)38-22-24(23-38)11-13-33-27-17-25-18-28(20-27)35-32-34-14-12-30(36-32)26-9-7-10-29(19-26)40-16-6-4-5-15-37(2)21-25/h4-5,7,9-10,12,14,17-20,24,33H,6,11,13,15-16,21-23H2,1-2H3,(H,34,35,36)/b5-4+. The zero-order chi connectivity index (χ0) is 27.7. The lowest BCUT2D eigenvalue weighted by atomic mass is 9.96. The molecule has 8 nitrogen and oxygen atoms in total. The van der Waals surface area contributed by atoms with Crippen molar-refractivity contribution in [1.29, 1.82) is 0 Å². The third kappa shape index (κ3) is 7.39. The quantitative estimate of drug-likeness (QED) is 0.361. The molecule has 0 unspecified atom stereocenters. The van der Waals surface area contributed by atoms with E-state index < -0.39 is 0 Å². The van der Waals surface area contributed by atoms with Gasteiger partial charge in [0.25, 0.3) is 5.91 Å². The van der Waals surface area contributed by atoms with Gasteiger partial charge in [0.05, 0.1) is 12.3 Å². The number of benzene rings is 2.